The van der Waals surface area contributed by atoms with E-state index in [1.807, 2.05) is 0 Å². The Bertz CT molecular complexity index is 1110. The number of aromatic nitrogens is 3. The van der Waals surface area contributed by atoms with Crippen LogP contribution in [0.15, 0.2) is 30.6 Å². The van der Waals surface area contributed by atoms with Gasteiger partial charge in [0, 0.05) is 18.2 Å². The van der Waals surface area contributed by atoms with E-state index in [1.54, 1.807) is 6.92 Å². The first-order chi connectivity index (χ1) is 14.3. The third-order valence-electron chi connectivity index (χ3n) is 5.02. The number of imidazole rings is 1. The molecule has 0 fully saturated rings. The molecule has 0 saturated carbocycles. The molecule has 0 amide bonds. The first kappa shape index (κ1) is 22.8. The highest BCUT2D eigenvalue weighted by Gasteiger charge is 2.54. The molecule has 5 N–H and O–H groups in total. The first-order valence-corrected chi connectivity index (χ1v) is 9.09. The molecule has 0 aliphatic heterocycles. The van der Waals surface area contributed by atoms with Crippen molar-refractivity contribution in [2.45, 2.75) is 31.2 Å². The minimum Gasteiger partial charge on any atom is -0.381 e. The van der Waals surface area contributed by atoms with E-state index < -0.39 is 41.4 Å². The zero-order chi connectivity index (χ0) is 23.2. The highest BCUT2D eigenvalue weighted by atomic mass is 19.4. The van der Waals surface area contributed by atoms with Crippen LogP contribution in [0.2, 0.25) is 0 Å². The maximum Gasteiger partial charge on any atom is 0.421 e. The zero-order valence-electron chi connectivity index (χ0n) is 16.5. The van der Waals surface area contributed by atoms with E-state index in [-0.39, 0.29) is 23.4 Å². The van der Waals surface area contributed by atoms with Gasteiger partial charge < -0.3 is 21.3 Å². The molecule has 7 nitrogen and oxygen atoms in total. The molecule has 2 heterocycles. The maximum absolute atomic E-state index is 13.7. The number of alkyl halides is 5. The molecule has 12 heteroatoms. The largest absolute Gasteiger partial charge is 0.421 e. The lowest BCUT2D eigenvalue weighted by Gasteiger charge is -2.31. The molecule has 0 spiro atoms. The number of nitrogens with one attached hydrogen (secondary N) is 1. The number of aliphatic hydroxyl groups is 2. The summed E-state index contributed by atoms with van der Waals surface area (Å²) in [5, 5.41) is 22.1. The fourth-order valence-electron chi connectivity index (χ4n) is 3.27. The fraction of sp³-hybridized carbons (Fsp3) is 0.368. The van der Waals surface area contributed by atoms with Crippen molar-refractivity contribution in [2.24, 2.45) is 0 Å². The average Bonchev–Trinajstić information content (AvgIpc) is 3.09. The highest BCUT2D eigenvalue weighted by Crippen LogP contribution is 2.43. The number of nitrogen functional groups attached to an aromatic ring is 1. The number of aryl methyl sites for hydroxylation is 1. The molecule has 0 saturated heterocycles. The van der Waals surface area contributed by atoms with Crippen molar-refractivity contribution in [3.8, 4) is 11.3 Å². The molecule has 168 valence electrons. The van der Waals surface area contributed by atoms with Crippen LogP contribution >= 0.6 is 0 Å². The summed E-state index contributed by atoms with van der Waals surface area (Å²) in [6.45, 7) is 1.50. The van der Waals surface area contributed by atoms with Gasteiger partial charge in [0.1, 0.15) is 0 Å². The van der Waals surface area contributed by atoms with Crippen molar-refractivity contribution >= 4 is 11.5 Å². The normalized spacial score (nSPS) is 14.7. The molecule has 1 aromatic carbocycles. The molecule has 3 aromatic rings. The number of hydrogen-bond donors (Lipinski definition) is 4. The van der Waals surface area contributed by atoms with Crippen LogP contribution in [-0.2, 0) is 11.7 Å². The lowest BCUT2D eigenvalue weighted by atomic mass is 9.87. The standard InChI is InChI=1S/C19H20F5N5O2/c1-10-3-4-11(17(30,5-6-26-2)19(22,23)24)7-12(10)13-8-27-16-15(25)28-14(9-29(13)16)18(20,21)31/h3-4,7-9,26,30-31H,5-6H2,1-2H3,(H2,25,28). The topological polar surface area (TPSA) is 109 Å². The summed E-state index contributed by atoms with van der Waals surface area (Å²) < 4.78 is 69.1. The van der Waals surface area contributed by atoms with Crippen LogP contribution in [-0.4, -0.2) is 44.4 Å². The Hall–Kier alpha value is -2.83. The van der Waals surface area contributed by atoms with E-state index in [0.717, 1.165) is 22.7 Å². The minimum atomic E-state index is -4.96. The van der Waals surface area contributed by atoms with Gasteiger partial charge in [0.25, 0.3) is 0 Å². The van der Waals surface area contributed by atoms with Crippen molar-refractivity contribution in [1.82, 2.24) is 19.7 Å². The molecule has 1 unspecified atom stereocenters. The SMILES string of the molecule is CNCCC(O)(c1ccc(C)c(-c2cnc3c(N)nc(C(O)(F)F)cn23)c1)C(F)(F)F. The number of nitrogens with two attached hydrogens (primary N) is 1. The summed E-state index contributed by atoms with van der Waals surface area (Å²) in [6, 6.07) is 3.68. The second-order valence-corrected chi connectivity index (χ2v) is 7.13. The Kier molecular flexibility index (Phi) is 5.67. The van der Waals surface area contributed by atoms with Crippen molar-refractivity contribution < 1.29 is 32.2 Å². The fourth-order valence-corrected chi connectivity index (χ4v) is 3.27. The van der Waals surface area contributed by atoms with Gasteiger partial charge in [-0.25, -0.2) is 9.97 Å². The van der Waals surface area contributed by atoms with Gasteiger partial charge in [0.15, 0.2) is 22.8 Å². The average molecular weight is 445 g/mol. The Labute approximate surface area is 173 Å². The summed E-state index contributed by atoms with van der Waals surface area (Å²) in [7, 11) is 1.46. The molecular weight excluding hydrogens is 425 g/mol. The summed E-state index contributed by atoms with van der Waals surface area (Å²) in [4.78, 5) is 7.43. The van der Waals surface area contributed by atoms with Gasteiger partial charge in [-0.05, 0) is 37.7 Å². The van der Waals surface area contributed by atoms with Gasteiger partial charge in [-0.1, -0.05) is 12.1 Å². The lowest BCUT2D eigenvalue weighted by molar-refractivity contribution is -0.268. The van der Waals surface area contributed by atoms with Crippen LogP contribution in [0.25, 0.3) is 16.9 Å². The van der Waals surface area contributed by atoms with Crippen LogP contribution in [0.3, 0.4) is 0 Å². The summed E-state index contributed by atoms with van der Waals surface area (Å²) >= 11 is 0. The number of anilines is 1. The molecule has 1 atom stereocenters. The van der Waals surface area contributed by atoms with Gasteiger partial charge in [0.05, 0.1) is 11.9 Å². The van der Waals surface area contributed by atoms with Crippen molar-refractivity contribution in [3.63, 3.8) is 0 Å². The smallest absolute Gasteiger partial charge is 0.381 e. The third kappa shape index (κ3) is 4.05. The summed E-state index contributed by atoms with van der Waals surface area (Å²) in [5.74, 6) is -0.396. The predicted octanol–water partition coefficient (Wildman–Crippen LogP) is 2.69. The predicted molar refractivity (Wildman–Crippen MR) is 102 cm³/mol. The maximum atomic E-state index is 13.7. The molecule has 0 aliphatic carbocycles. The number of benzene rings is 1. The van der Waals surface area contributed by atoms with Gasteiger partial charge in [-0.3, -0.25) is 4.40 Å². The molecule has 0 bridgehead atoms. The van der Waals surface area contributed by atoms with E-state index in [1.165, 1.54) is 19.3 Å². The first-order valence-electron chi connectivity index (χ1n) is 9.09. The van der Waals surface area contributed by atoms with Crippen molar-refractivity contribution in [3.05, 3.63) is 47.4 Å². The molecule has 2 aromatic heterocycles. The lowest BCUT2D eigenvalue weighted by Crippen LogP contribution is -2.44. The molecular formula is C19H20F5N5O2. The van der Waals surface area contributed by atoms with Crippen LogP contribution in [0.1, 0.15) is 23.2 Å². The van der Waals surface area contributed by atoms with Crippen molar-refractivity contribution in [2.75, 3.05) is 19.3 Å². The Morgan fingerprint density at radius 3 is 2.42 bits per heavy atom. The van der Waals surface area contributed by atoms with Crippen molar-refractivity contribution in [1.29, 1.82) is 0 Å². The van der Waals surface area contributed by atoms with E-state index in [4.69, 9.17) is 10.8 Å². The summed E-state index contributed by atoms with van der Waals surface area (Å²) in [6.07, 6.45) is -7.85. The molecule has 0 radical (unpaired) electrons. The quantitative estimate of drug-likeness (QED) is 0.435. The van der Waals surface area contributed by atoms with Crippen LogP contribution < -0.4 is 11.1 Å². The molecule has 0 aliphatic rings. The Morgan fingerprint density at radius 1 is 1.16 bits per heavy atom. The van der Waals surface area contributed by atoms with E-state index in [9.17, 15) is 27.1 Å². The molecule has 31 heavy (non-hydrogen) atoms. The van der Waals surface area contributed by atoms with Crippen LogP contribution in [0, 0.1) is 6.92 Å². The third-order valence-corrected chi connectivity index (χ3v) is 5.02. The minimum absolute atomic E-state index is 0.0194. The molecule has 3 rings (SSSR count). The highest BCUT2D eigenvalue weighted by molar-refractivity contribution is 5.72. The monoisotopic (exact) mass is 445 g/mol. The Morgan fingerprint density at radius 2 is 1.84 bits per heavy atom. The van der Waals surface area contributed by atoms with Crippen LogP contribution in [0.5, 0.6) is 0 Å². The summed E-state index contributed by atoms with van der Waals surface area (Å²) in [5.41, 5.74) is 1.87. The number of hydrogen-bond acceptors (Lipinski definition) is 6. The van der Waals surface area contributed by atoms with Gasteiger partial charge in [-0.15, -0.1) is 0 Å². The van der Waals surface area contributed by atoms with E-state index in [0.29, 0.717) is 5.56 Å². The zero-order valence-corrected chi connectivity index (χ0v) is 16.5. The van der Waals surface area contributed by atoms with Gasteiger partial charge in [-0.2, -0.15) is 22.0 Å². The van der Waals surface area contributed by atoms with E-state index in [2.05, 4.69) is 15.3 Å². The second-order valence-electron chi connectivity index (χ2n) is 7.13. The van der Waals surface area contributed by atoms with Gasteiger partial charge >= 0.3 is 12.3 Å². The number of halogens is 5. The van der Waals surface area contributed by atoms with Gasteiger partial charge in [0.2, 0.25) is 0 Å². The Balaban J connectivity index is 2.23. The van der Waals surface area contributed by atoms with Crippen LogP contribution in [0.4, 0.5) is 27.8 Å². The van der Waals surface area contributed by atoms with E-state index >= 15 is 0 Å². The second kappa shape index (κ2) is 7.70. The number of fused-ring (bicyclic) bond motifs is 1. The number of nitrogens with zero attached hydrogens (tertiary/aromatic N) is 3. The number of rotatable bonds is 6.